The minimum Gasteiger partial charge on any atom is -0.392 e. The highest BCUT2D eigenvalue weighted by Gasteiger charge is 2.25. The zero-order valence-corrected chi connectivity index (χ0v) is 6.29. The Hall–Kier alpha value is -0.370. The topological polar surface area (TPSA) is 37.3 Å². The maximum Gasteiger partial charge on any atom is 0.125 e. The Kier molecular flexibility index (Phi) is 2.44. The van der Waals surface area contributed by atoms with Crippen molar-refractivity contribution in [3.05, 3.63) is 0 Å². The summed E-state index contributed by atoms with van der Waals surface area (Å²) in [7, 11) is 0. The van der Waals surface area contributed by atoms with Crippen LogP contribution >= 0.6 is 0 Å². The molecule has 0 spiro atoms. The molecule has 3 unspecified atom stereocenters. The fourth-order valence-corrected chi connectivity index (χ4v) is 1.56. The van der Waals surface area contributed by atoms with Gasteiger partial charge in [-0.1, -0.05) is 6.92 Å². The molecule has 58 valence electrons. The van der Waals surface area contributed by atoms with Crippen LogP contribution in [0.15, 0.2) is 0 Å². The van der Waals surface area contributed by atoms with Gasteiger partial charge in [-0.05, 0) is 25.2 Å². The van der Waals surface area contributed by atoms with Crippen LogP contribution in [0.1, 0.15) is 26.2 Å². The molecule has 2 heteroatoms. The second-order valence-corrected chi connectivity index (χ2v) is 3.29. The van der Waals surface area contributed by atoms with Crippen molar-refractivity contribution in [3.63, 3.8) is 0 Å². The van der Waals surface area contributed by atoms with E-state index in [1.807, 2.05) is 0 Å². The van der Waals surface area contributed by atoms with E-state index >= 15 is 0 Å². The molecule has 0 aromatic rings. The Morgan fingerprint density at radius 1 is 1.50 bits per heavy atom. The predicted molar refractivity (Wildman–Crippen MR) is 38.6 cm³/mol. The zero-order chi connectivity index (χ0) is 7.56. The van der Waals surface area contributed by atoms with E-state index in [4.69, 9.17) is 0 Å². The molecule has 0 heterocycles. The molecule has 0 aromatic heterocycles. The fourth-order valence-electron chi connectivity index (χ4n) is 1.56. The van der Waals surface area contributed by atoms with Crippen LogP contribution in [0, 0.1) is 11.8 Å². The third kappa shape index (κ3) is 1.57. The number of aldehydes is 1. The second kappa shape index (κ2) is 3.15. The number of hydrogen-bond donors (Lipinski definition) is 1. The van der Waals surface area contributed by atoms with Gasteiger partial charge in [0.25, 0.3) is 0 Å². The molecule has 1 N–H and O–H groups in total. The van der Waals surface area contributed by atoms with Gasteiger partial charge in [-0.2, -0.15) is 0 Å². The summed E-state index contributed by atoms with van der Waals surface area (Å²) < 4.78 is 0. The Bertz CT molecular complexity index is 122. The first-order valence-electron chi connectivity index (χ1n) is 3.87. The Balaban J connectivity index is 2.45. The highest BCUT2D eigenvalue weighted by molar-refractivity contribution is 5.54. The summed E-state index contributed by atoms with van der Waals surface area (Å²) in [4.78, 5) is 10.4. The summed E-state index contributed by atoms with van der Waals surface area (Å²) in [6, 6.07) is 0. The number of aliphatic hydroxyl groups excluding tert-OH is 1. The quantitative estimate of drug-likeness (QED) is 0.554. The van der Waals surface area contributed by atoms with Crippen LogP contribution in [-0.4, -0.2) is 17.5 Å². The van der Waals surface area contributed by atoms with E-state index in [-0.39, 0.29) is 12.0 Å². The monoisotopic (exact) mass is 142 g/mol. The van der Waals surface area contributed by atoms with Crippen molar-refractivity contribution in [2.24, 2.45) is 11.8 Å². The summed E-state index contributed by atoms with van der Waals surface area (Å²) in [5.41, 5.74) is 0. The van der Waals surface area contributed by atoms with Gasteiger partial charge < -0.3 is 9.90 Å². The van der Waals surface area contributed by atoms with Crippen molar-refractivity contribution in [2.75, 3.05) is 0 Å². The molecular formula is C8H14O2. The van der Waals surface area contributed by atoms with Crippen molar-refractivity contribution in [1.29, 1.82) is 0 Å². The molecule has 1 fully saturated rings. The minimum atomic E-state index is -0.367. The normalized spacial score (nSPS) is 41.2. The average Bonchev–Trinajstić information content (AvgIpc) is 1.94. The van der Waals surface area contributed by atoms with E-state index < -0.39 is 0 Å². The minimum absolute atomic E-state index is 0.0938. The van der Waals surface area contributed by atoms with Crippen LogP contribution in [0.25, 0.3) is 0 Å². The van der Waals surface area contributed by atoms with Crippen LogP contribution in [-0.2, 0) is 4.79 Å². The first-order valence-corrected chi connectivity index (χ1v) is 3.87. The van der Waals surface area contributed by atoms with Gasteiger partial charge >= 0.3 is 0 Å². The first-order chi connectivity index (χ1) is 4.74. The lowest BCUT2D eigenvalue weighted by atomic mass is 9.81. The van der Waals surface area contributed by atoms with E-state index in [1.165, 1.54) is 0 Å². The van der Waals surface area contributed by atoms with Crippen molar-refractivity contribution < 1.29 is 9.90 Å². The zero-order valence-electron chi connectivity index (χ0n) is 6.29. The highest BCUT2D eigenvalue weighted by atomic mass is 16.3. The SMILES string of the molecule is CC1CCC(O)C(C=O)C1. The van der Waals surface area contributed by atoms with Crippen molar-refractivity contribution >= 4 is 6.29 Å². The van der Waals surface area contributed by atoms with E-state index in [0.29, 0.717) is 5.92 Å². The van der Waals surface area contributed by atoms with Crippen LogP contribution in [0.2, 0.25) is 0 Å². The summed E-state index contributed by atoms with van der Waals surface area (Å²) >= 11 is 0. The largest absolute Gasteiger partial charge is 0.392 e. The maximum absolute atomic E-state index is 10.4. The van der Waals surface area contributed by atoms with Crippen LogP contribution in [0.4, 0.5) is 0 Å². The molecule has 0 radical (unpaired) electrons. The average molecular weight is 142 g/mol. The molecule has 0 saturated heterocycles. The van der Waals surface area contributed by atoms with E-state index in [0.717, 1.165) is 25.5 Å². The number of carbonyl (C=O) groups excluding carboxylic acids is 1. The van der Waals surface area contributed by atoms with E-state index in [9.17, 15) is 9.90 Å². The van der Waals surface area contributed by atoms with Crippen molar-refractivity contribution in [3.8, 4) is 0 Å². The summed E-state index contributed by atoms with van der Waals surface area (Å²) in [6.45, 7) is 2.13. The molecule has 1 rings (SSSR count). The van der Waals surface area contributed by atoms with Gasteiger partial charge in [0.2, 0.25) is 0 Å². The third-order valence-corrected chi connectivity index (χ3v) is 2.30. The molecule has 2 nitrogen and oxygen atoms in total. The van der Waals surface area contributed by atoms with Gasteiger partial charge in [-0.3, -0.25) is 0 Å². The number of aliphatic hydroxyl groups is 1. The van der Waals surface area contributed by atoms with Crippen LogP contribution in [0.3, 0.4) is 0 Å². The predicted octanol–water partition coefficient (Wildman–Crippen LogP) is 0.982. The molecule has 3 atom stereocenters. The molecule has 0 bridgehead atoms. The maximum atomic E-state index is 10.4. The summed E-state index contributed by atoms with van der Waals surface area (Å²) in [5, 5.41) is 9.26. The molecule has 1 saturated carbocycles. The standard InChI is InChI=1S/C8H14O2/c1-6-2-3-8(10)7(4-6)5-9/h5-8,10H,2-4H2,1H3. The van der Waals surface area contributed by atoms with Gasteiger partial charge in [-0.15, -0.1) is 0 Å². The van der Waals surface area contributed by atoms with Gasteiger partial charge in [0.05, 0.1) is 6.10 Å². The van der Waals surface area contributed by atoms with Crippen LogP contribution in [0.5, 0.6) is 0 Å². The third-order valence-electron chi connectivity index (χ3n) is 2.30. The molecule has 1 aliphatic carbocycles. The van der Waals surface area contributed by atoms with Gasteiger partial charge in [0.1, 0.15) is 6.29 Å². The Morgan fingerprint density at radius 2 is 2.20 bits per heavy atom. The summed E-state index contributed by atoms with van der Waals surface area (Å²) in [5.74, 6) is 0.516. The number of rotatable bonds is 1. The van der Waals surface area contributed by atoms with Crippen molar-refractivity contribution in [1.82, 2.24) is 0 Å². The highest BCUT2D eigenvalue weighted by Crippen LogP contribution is 2.27. The molecule has 0 aliphatic heterocycles. The lowest BCUT2D eigenvalue weighted by Gasteiger charge is -2.27. The van der Waals surface area contributed by atoms with Crippen molar-refractivity contribution in [2.45, 2.75) is 32.3 Å². The lowest BCUT2D eigenvalue weighted by Crippen LogP contribution is -2.28. The van der Waals surface area contributed by atoms with Gasteiger partial charge in [0, 0.05) is 5.92 Å². The number of carbonyl (C=O) groups is 1. The smallest absolute Gasteiger partial charge is 0.125 e. The second-order valence-electron chi connectivity index (χ2n) is 3.29. The lowest BCUT2D eigenvalue weighted by molar-refractivity contribution is -0.116. The van der Waals surface area contributed by atoms with E-state index in [2.05, 4.69) is 6.92 Å². The van der Waals surface area contributed by atoms with Gasteiger partial charge in [-0.25, -0.2) is 0 Å². The van der Waals surface area contributed by atoms with Crippen LogP contribution < -0.4 is 0 Å². The Morgan fingerprint density at radius 3 is 2.70 bits per heavy atom. The first kappa shape index (κ1) is 7.73. The summed E-state index contributed by atoms with van der Waals surface area (Å²) in [6.07, 6.45) is 3.25. The number of hydrogen-bond acceptors (Lipinski definition) is 2. The molecule has 0 aromatic carbocycles. The Labute approximate surface area is 61.2 Å². The molecule has 0 amide bonds. The van der Waals surface area contributed by atoms with E-state index in [1.54, 1.807) is 0 Å². The molecule has 10 heavy (non-hydrogen) atoms. The molecular weight excluding hydrogens is 128 g/mol. The molecule has 1 aliphatic rings. The van der Waals surface area contributed by atoms with Gasteiger partial charge in [0.15, 0.2) is 0 Å². The fraction of sp³-hybridized carbons (Fsp3) is 0.875.